The number of amides is 3. The van der Waals surface area contributed by atoms with Gasteiger partial charge in [0, 0.05) is 32.7 Å². The lowest BCUT2D eigenvalue weighted by Crippen LogP contribution is -2.66. The first kappa shape index (κ1) is 36.1. The van der Waals surface area contributed by atoms with Gasteiger partial charge in [-0.2, -0.15) is 0 Å². The molecule has 10 heteroatoms. The summed E-state index contributed by atoms with van der Waals surface area (Å²) in [5, 5.41) is 5.73. The zero-order chi connectivity index (χ0) is 34.7. The van der Waals surface area contributed by atoms with Gasteiger partial charge in [0.25, 0.3) is 0 Å². The Morgan fingerprint density at radius 2 is 1.44 bits per heavy atom. The normalized spacial score (nSPS) is 15.1. The van der Waals surface area contributed by atoms with Crippen LogP contribution >= 0.6 is 0 Å². The fourth-order valence-electron chi connectivity index (χ4n) is 5.89. The van der Waals surface area contributed by atoms with E-state index in [1.54, 1.807) is 25.7 Å². The second kappa shape index (κ2) is 16.4. The number of ether oxygens (including phenoxy) is 2. The second-order valence-corrected chi connectivity index (χ2v) is 13.4. The number of methoxy groups -OCH3 is 1. The summed E-state index contributed by atoms with van der Waals surface area (Å²) in [6, 6.07) is 26.1. The van der Waals surface area contributed by atoms with Gasteiger partial charge in [0.05, 0.1) is 13.5 Å². The van der Waals surface area contributed by atoms with Crippen LogP contribution in [-0.4, -0.2) is 71.1 Å². The van der Waals surface area contributed by atoms with Crippen molar-refractivity contribution in [1.29, 1.82) is 0 Å². The third-order valence-corrected chi connectivity index (χ3v) is 8.48. The number of benzene rings is 3. The van der Waals surface area contributed by atoms with Crippen LogP contribution in [0.5, 0.6) is 0 Å². The van der Waals surface area contributed by atoms with E-state index in [4.69, 9.17) is 9.47 Å². The molecule has 0 radical (unpaired) electrons. The fourth-order valence-corrected chi connectivity index (χ4v) is 5.89. The Labute approximate surface area is 283 Å². The molecule has 0 saturated carbocycles. The Morgan fingerprint density at radius 1 is 0.854 bits per heavy atom. The molecule has 0 spiro atoms. The van der Waals surface area contributed by atoms with E-state index < -0.39 is 41.6 Å². The van der Waals surface area contributed by atoms with Crippen molar-refractivity contribution in [3.8, 4) is 0 Å². The standard InChI is InChI=1S/C38H48N4O6/c1-28-16-18-31(19-17-28)27-42(34(44)32(24-33(43)47-5)40-36(46)48-37(2,3)4)38(35(45)39-25-29-12-8-6-9-13-29)20-22-41(23-21-38)26-30-14-10-7-11-15-30/h6-19,32H,20-27H2,1-5H3,(H,39,45)(H,40,46)/t32-/m0/s1. The lowest BCUT2D eigenvalue weighted by atomic mass is 9.83. The van der Waals surface area contributed by atoms with E-state index in [2.05, 4.69) is 27.7 Å². The monoisotopic (exact) mass is 656 g/mol. The van der Waals surface area contributed by atoms with Gasteiger partial charge < -0.3 is 25.0 Å². The van der Waals surface area contributed by atoms with Crippen molar-refractivity contribution in [3.63, 3.8) is 0 Å². The highest BCUT2D eigenvalue weighted by molar-refractivity contribution is 5.96. The van der Waals surface area contributed by atoms with Crippen molar-refractivity contribution >= 4 is 23.9 Å². The Balaban J connectivity index is 1.73. The van der Waals surface area contributed by atoms with Crippen LogP contribution in [-0.2, 0) is 43.5 Å². The number of esters is 1. The Morgan fingerprint density at radius 3 is 2.00 bits per heavy atom. The number of carbonyl (C=O) groups excluding carboxylic acids is 4. The van der Waals surface area contributed by atoms with Crippen LogP contribution in [0.4, 0.5) is 4.79 Å². The average Bonchev–Trinajstić information content (AvgIpc) is 3.07. The van der Waals surface area contributed by atoms with E-state index in [0.29, 0.717) is 32.5 Å². The molecule has 48 heavy (non-hydrogen) atoms. The van der Waals surface area contributed by atoms with Gasteiger partial charge in [0.2, 0.25) is 11.8 Å². The Hall–Kier alpha value is -4.70. The minimum atomic E-state index is -1.33. The molecule has 3 amide bonds. The summed E-state index contributed by atoms with van der Waals surface area (Å²) in [6.45, 7) is 9.28. The Bertz CT molecular complexity index is 1510. The number of hydrogen-bond donors (Lipinski definition) is 2. The van der Waals surface area contributed by atoms with Crippen LogP contribution in [0.2, 0.25) is 0 Å². The van der Waals surface area contributed by atoms with E-state index in [1.807, 2.05) is 79.7 Å². The Kier molecular flexibility index (Phi) is 12.4. The zero-order valence-corrected chi connectivity index (χ0v) is 28.7. The van der Waals surface area contributed by atoms with Gasteiger partial charge in [-0.15, -0.1) is 0 Å². The largest absolute Gasteiger partial charge is 0.469 e. The molecule has 1 atom stereocenters. The first-order valence-electron chi connectivity index (χ1n) is 16.4. The average molecular weight is 657 g/mol. The van der Waals surface area contributed by atoms with Gasteiger partial charge in [-0.1, -0.05) is 90.5 Å². The number of rotatable bonds is 12. The van der Waals surface area contributed by atoms with Gasteiger partial charge in [0.1, 0.15) is 17.2 Å². The maximum Gasteiger partial charge on any atom is 0.408 e. The van der Waals surface area contributed by atoms with Crippen molar-refractivity contribution in [2.75, 3.05) is 20.2 Å². The minimum Gasteiger partial charge on any atom is -0.469 e. The van der Waals surface area contributed by atoms with E-state index in [0.717, 1.165) is 22.3 Å². The van der Waals surface area contributed by atoms with Crippen molar-refractivity contribution in [3.05, 3.63) is 107 Å². The summed E-state index contributed by atoms with van der Waals surface area (Å²) in [7, 11) is 1.22. The van der Waals surface area contributed by atoms with Crippen LogP contribution < -0.4 is 10.6 Å². The number of likely N-dealkylation sites (tertiary alicyclic amines) is 1. The highest BCUT2D eigenvalue weighted by Crippen LogP contribution is 2.33. The molecule has 3 aromatic carbocycles. The predicted octanol–water partition coefficient (Wildman–Crippen LogP) is 5.13. The molecular formula is C38H48N4O6. The molecule has 1 aliphatic heterocycles. The highest BCUT2D eigenvalue weighted by atomic mass is 16.6. The number of piperidine rings is 1. The molecule has 1 fully saturated rings. The molecule has 3 aromatic rings. The molecule has 1 heterocycles. The lowest BCUT2D eigenvalue weighted by molar-refractivity contribution is -0.156. The van der Waals surface area contributed by atoms with Gasteiger partial charge in [-0.3, -0.25) is 19.3 Å². The topological polar surface area (TPSA) is 117 Å². The van der Waals surface area contributed by atoms with Crippen molar-refractivity contribution in [1.82, 2.24) is 20.4 Å². The van der Waals surface area contributed by atoms with Gasteiger partial charge in [0.15, 0.2) is 0 Å². The molecule has 1 saturated heterocycles. The smallest absolute Gasteiger partial charge is 0.408 e. The maximum atomic E-state index is 14.8. The minimum absolute atomic E-state index is 0.0875. The number of nitrogens with zero attached hydrogens (tertiary/aromatic N) is 2. The first-order chi connectivity index (χ1) is 22.9. The van der Waals surface area contributed by atoms with Crippen LogP contribution in [0.1, 0.15) is 62.3 Å². The summed E-state index contributed by atoms with van der Waals surface area (Å²) >= 11 is 0. The van der Waals surface area contributed by atoms with E-state index in [1.165, 1.54) is 7.11 Å². The molecule has 1 aliphatic rings. The molecule has 0 aliphatic carbocycles. The SMILES string of the molecule is COC(=O)C[C@H](NC(=O)OC(C)(C)C)C(=O)N(Cc1ccc(C)cc1)C1(C(=O)NCc2ccccc2)CCN(Cc2ccccc2)CC1. The van der Waals surface area contributed by atoms with Crippen LogP contribution in [0.15, 0.2) is 84.9 Å². The zero-order valence-electron chi connectivity index (χ0n) is 28.7. The summed E-state index contributed by atoms with van der Waals surface area (Å²) in [4.78, 5) is 58.7. The number of carbonyl (C=O) groups is 4. The van der Waals surface area contributed by atoms with E-state index >= 15 is 0 Å². The molecule has 256 valence electrons. The third kappa shape index (κ3) is 10.1. The predicted molar refractivity (Wildman–Crippen MR) is 183 cm³/mol. The van der Waals surface area contributed by atoms with Crippen LogP contribution in [0.25, 0.3) is 0 Å². The summed E-state index contributed by atoms with van der Waals surface area (Å²) < 4.78 is 10.4. The molecule has 0 aromatic heterocycles. The van der Waals surface area contributed by atoms with E-state index in [9.17, 15) is 19.2 Å². The van der Waals surface area contributed by atoms with Crippen LogP contribution in [0, 0.1) is 6.92 Å². The molecule has 10 nitrogen and oxygen atoms in total. The van der Waals surface area contributed by atoms with Crippen molar-refractivity contribution < 1.29 is 28.7 Å². The molecule has 2 N–H and O–H groups in total. The summed E-state index contributed by atoms with van der Waals surface area (Å²) in [6.07, 6.45) is -0.591. The maximum absolute atomic E-state index is 14.8. The van der Waals surface area contributed by atoms with Crippen molar-refractivity contribution in [2.24, 2.45) is 0 Å². The van der Waals surface area contributed by atoms with E-state index in [-0.39, 0.29) is 19.0 Å². The molecule has 0 unspecified atom stereocenters. The highest BCUT2D eigenvalue weighted by Gasteiger charge is 2.50. The number of hydrogen-bond acceptors (Lipinski definition) is 7. The number of nitrogens with one attached hydrogen (secondary N) is 2. The number of aryl methyl sites for hydroxylation is 1. The second-order valence-electron chi connectivity index (χ2n) is 13.4. The molecular weight excluding hydrogens is 608 g/mol. The first-order valence-corrected chi connectivity index (χ1v) is 16.4. The lowest BCUT2D eigenvalue weighted by Gasteiger charge is -2.48. The fraction of sp³-hybridized carbons (Fsp3) is 0.421. The molecule has 0 bridgehead atoms. The summed E-state index contributed by atoms with van der Waals surface area (Å²) in [5.41, 5.74) is 1.82. The summed E-state index contributed by atoms with van der Waals surface area (Å²) in [5.74, 6) is -1.54. The molecule has 4 rings (SSSR count). The third-order valence-electron chi connectivity index (χ3n) is 8.48. The quantitative estimate of drug-likeness (QED) is 0.260. The number of alkyl carbamates (subject to hydrolysis) is 1. The van der Waals surface area contributed by atoms with Crippen LogP contribution in [0.3, 0.4) is 0 Å². The van der Waals surface area contributed by atoms with Crippen molar-refractivity contribution in [2.45, 2.75) is 83.8 Å². The van der Waals surface area contributed by atoms with Gasteiger partial charge >= 0.3 is 12.1 Å². The van der Waals surface area contributed by atoms with Gasteiger partial charge in [-0.25, -0.2) is 4.79 Å². The van der Waals surface area contributed by atoms with Gasteiger partial charge in [-0.05, 0) is 57.2 Å².